The molecule has 0 bridgehead atoms. The normalized spacial score (nSPS) is 16.1. The number of hydrogen-bond acceptors (Lipinski definition) is 8. The number of aromatic nitrogens is 2. The van der Waals surface area contributed by atoms with Gasteiger partial charge in [-0.05, 0) is 57.0 Å². The number of likely N-dealkylation sites (N-methyl/N-ethyl adjacent to an activating group) is 1. The fraction of sp³-hybridized carbons (Fsp3) is 0.444. The Morgan fingerprint density at radius 3 is 2.41 bits per heavy atom. The first kappa shape index (κ1) is 36.0. The number of allylic oxidation sites excluding steroid dienone is 3. The molecule has 10 nitrogen and oxygen atoms in total. The van der Waals surface area contributed by atoms with Crippen LogP contribution in [0.15, 0.2) is 78.0 Å². The summed E-state index contributed by atoms with van der Waals surface area (Å²) in [6.45, 7) is 20.4. The number of aryl methyl sites for hydroxylation is 3. The smallest absolute Gasteiger partial charge is 0.303 e. The number of carboxylic acids is 1. The zero-order valence-corrected chi connectivity index (χ0v) is 28.7. The van der Waals surface area contributed by atoms with Crippen molar-refractivity contribution in [2.24, 2.45) is 4.99 Å². The number of Topliss-reactive ketones (excluding diaryl/α,β-unsaturated/α-hetero) is 1. The van der Waals surface area contributed by atoms with E-state index in [1.165, 1.54) is 18.2 Å². The largest absolute Gasteiger partial charge is 0.481 e. The van der Waals surface area contributed by atoms with Crippen molar-refractivity contribution >= 4 is 23.2 Å². The molecule has 1 fully saturated rings. The lowest BCUT2D eigenvalue weighted by atomic mass is 9.88. The molecule has 2 aliphatic rings. The summed E-state index contributed by atoms with van der Waals surface area (Å²) in [5, 5.41) is 12.9. The highest BCUT2D eigenvalue weighted by Gasteiger charge is 2.29. The van der Waals surface area contributed by atoms with E-state index in [0.29, 0.717) is 0 Å². The summed E-state index contributed by atoms with van der Waals surface area (Å²) >= 11 is 0. The Morgan fingerprint density at radius 1 is 1.15 bits per heavy atom. The van der Waals surface area contributed by atoms with Gasteiger partial charge in [-0.15, -0.1) is 0 Å². The van der Waals surface area contributed by atoms with Gasteiger partial charge < -0.3 is 29.3 Å². The monoisotopic (exact) mass is 630 g/mol. The van der Waals surface area contributed by atoms with Gasteiger partial charge in [-0.2, -0.15) is 5.10 Å². The molecule has 0 unspecified atom stereocenters. The van der Waals surface area contributed by atoms with Crippen LogP contribution in [0.4, 0.5) is 0 Å². The van der Waals surface area contributed by atoms with Crippen LogP contribution in [0, 0.1) is 13.8 Å². The summed E-state index contributed by atoms with van der Waals surface area (Å²) in [5.41, 5.74) is 5.21. The second-order valence-corrected chi connectivity index (χ2v) is 12.3. The first-order valence-corrected chi connectivity index (χ1v) is 15.7. The molecule has 1 aromatic carbocycles. The minimum absolute atomic E-state index is 0.0463. The van der Waals surface area contributed by atoms with Gasteiger partial charge in [0.25, 0.3) is 0 Å². The Morgan fingerprint density at radius 2 is 1.85 bits per heavy atom. The summed E-state index contributed by atoms with van der Waals surface area (Å²) in [6, 6.07) is 10.6. The number of rotatable bonds is 10. The first-order valence-electron chi connectivity index (χ1n) is 15.7. The van der Waals surface area contributed by atoms with Crippen LogP contribution in [0.3, 0.4) is 0 Å². The number of morpholine rings is 1. The van der Waals surface area contributed by atoms with Crippen LogP contribution in [0.1, 0.15) is 63.1 Å². The number of carbonyl (C=O) groups excluding carboxylic acids is 1. The summed E-state index contributed by atoms with van der Waals surface area (Å²) in [6.07, 6.45) is 8.57. The third kappa shape index (κ3) is 10.0. The molecule has 1 N–H and O–H groups in total. The average molecular weight is 631 g/mol. The van der Waals surface area contributed by atoms with Crippen LogP contribution in [0.5, 0.6) is 0 Å². The van der Waals surface area contributed by atoms with Gasteiger partial charge in [0.15, 0.2) is 0 Å². The predicted octanol–water partition coefficient (Wildman–Crippen LogP) is 5.76. The van der Waals surface area contributed by atoms with Crippen molar-refractivity contribution < 1.29 is 19.4 Å². The number of aliphatic carboxylic acids is 1. The molecule has 4 rings (SSSR count). The second-order valence-electron chi connectivity index (χ2n) is 12.3. The topological polar surface area (TPSA) is 104 Å². The molecule has 2 aliphatic heterocycles. The number of nitrogens with zero attached hydrogens (tertiary/aromatic N) is 6. The van der Waals surface area contributed by atoms with E-state index in [1.807, 2.05) is 24.0 Å². The SMILES string of the molecule is C=C(/C=C\N(C)C1=N/C(=C/C(C)(C)c2cc(C)n(CC)n2)N(C)C(N2CCOCC2)=C1)c1cccc(C)c1.CC(=O)CCC(=O)O. The quantitative estimate of drug-likeness (QED) is 0.331. The predicted molar refractivity (Wildman–Crippen MR) is 184 cm³/mol. The number of carbonyl (C=O) groups is 2. The molecule has 2 aromatic rings. The highest BCUT2D eigenvalue weighted by atomic mass is 16.5. The Hall–Kier alpha value is -4.44. The maximum atomic E-state index is 10.1. The molecule has 0 spiro atoms. The van der Waals surface area contributed by atoms with Crippen molar-refractivity contribution in [2.45, 2.75) is 66.3 Å². The van der Waals surface area contributed by atoms with E-state index in [9.17, 15) is 9.59 Å². The third-order valence-corrected chi connectivity index (χ3v) is 7.88. The number of amidine groups is 1. The van der Waals surface area contributed by atoms with E-state index in [0.717, 1.165) is 67.2 Å². The molecule has 46 heavy (non-hydrogen) atoms. The highest BCUT2D eigenvalue weighted by molar-refractivity contribution is 5.95. The number of carboxylic acid groups (broad SMARTS) is 1. The van der Waals surface area contributed by atoms with E-state index in [-0.39, 0.29) is 24.0 Å². The molecule has 0 atom stereocenters. The van der Waals surface area contributed by atoms with E-state index >= 15 is 0 Å². The lowest BCUT2D eigenvalue weighted by Crippen LogP contribution is -2.43. The van der Waals surface area contributed by atoms with Crippen molar-refractivity contribution in [1.82, 2.24) is 24.5 Å². The molecule has 3 heterocycles. The van der Waals surface area contributed by atoms with Crippen LogP contribution < -0.4 is 0 Å². The fourth-order valence-corrected chi connectivity index (χ4v) is 5.00. The first-order chi connectivity index (χ1) is 21.7. The molecule has 0 amide bonds. The van der Waals surface area contributed by atoms with Crippen LogP contribution in [-0.4, -0.2) is 87.6 Å². The van der Waals surface area contributed by atoms with Gasteiger partial charge in [0.05, 0.1) is 25.3 Å². The molecule has 1 aromatic heterocycles. The van der Waals surface area contributed by atoms with Crippen LogP contribution in [0.25, 0.3) is 5.57 Å². The van der Waals surface area contributed by atoms with Crippen LogP contribution in [-0.2, 0) is 26.3 Å². The Kier molecular flexibility index (Phi) is 12.7. The Balaban J connectivity index is 0.000000637. The number of benzene rings is 1. The van der Waals surface area contributed by atoms with Gasteiger partial charge in [-0.1, -0.05) is 50.3 Å². The van der Waals surface area contributed by atoms with E-state index in [2.05, 4.69) is 105 Å². The van der Waals surface area contributed by atoms with Crippen molar-refractivity contribution in [3.05, 3.63) is 95.5 Å². The minimum Gasteiger partial charge on any atom is -0.481 e. The lowest BCUT2D eigenvalue weighted by Gasteiger charge is -2.39. The van der Waals surface area contributed by atoms with Crippen molar-refractivity contribution in [2.75, 3.05) is 40.4 Å². The summed E-state index contributed by atoms with van der Waals surface area (Å²) in [4.78, 5) is 31.6. The van der Waals surface area contributed by atoms with E-state index in [4.69, 9.17) is 19.9 Å². The zero-order chi connectivity index (χ0) is 34.0. The van der Waals surface area contributed by atoms with E-state index in [1.54, 1.807) is 0 Å². The summed E-state index contributed by atoms with van der Waals surface area (Å²) < 4.78 is 7.68. The zero-order valence-electron chi connectivity index (χ0n) is 28.7. The van der Waals surface area contributed by atoms with Crippen LogP contribution in [0.2, 0.25) is 0 Å². The molecule has 0 saturated carbocycles. The maximum Gasteiger partial charge on any atom is 0.303 e. The van der Waals surface area contributed by atoms with Crippen molar-refractivity contribution in [3.63, 3.8) is 0 Å². The standard InChI is InChI=1S/C31H42N6O.C5H8O3/c1-9-37-25(4)20-27(33-37)31(5,6)22-29-32-28(21-30(35(29)8)36-15-17-38-18-16-36)34(7)14-13-24(3)26-12-10-11-23(2)19-26;1-4(6)2-3-5(7)8/h10-14,19-22H,3,9,15-18H2,1-2,4-8H3;2-3H2,1H3,(H,7,8)/b14-13-,29-22-;. The molecule has 0 aliphatic carbocycles. The highest BCUT2D eigenvalue weighted by Crippen LogP contribution is 2.30. The number of ether oxygens (including phenoxy) is 1. The molecule has 1 saturated heterocycles. The molecular formula is C36H50N6O4. The third-order valence-electron chi connectivity index (χ3n) is 7.88. The van der Waals surface area contributed by atoms with E-state index < -0.39 is 5.97 Å². The van der Waals surface area contributed by atoms with Gasteiger partial charge in [0, 0.05) is 63.5 Å². The average Bonchev–Trinajstić information content (AvgIpc) is 3.41. The summed E-state index contributed by atoms with van der Waals surface area (Å²) in [7, 11) is 4.13. The van der Waals surface area contributed by atoms with Crippen molar-refractivity contribution in [1.29, 1.82) is 0 Å². The molecule has 10 heteroatoms. The number of aliphatic imine (C=N–C) groups is 1. The lowest BCUT2D eigenvalue weighted by molar-refractivity contribution is -0.138. The Bertz CT molecular complexity index is 1510. The fourth-order valence-electron chi connectivity index (χ4n) is 5.00. The molecule has 0 radical (unpaired) electrons. The molecular weight excluding hydrogens is 580 g/mol. The number of hydrogen-bond donors (Lipinski definition) is 1. The van der Waals surface area contributed by atoms with Crippen LogP contribution >= 0.6 is 0 Å². The number of ketones is 1. The Labute approximate surface area is 274 Å². The summed E-state index contributed by atoms with van der Waals surface area (Å²) in [5.74, 6) is 1.90. The van der Waals surface area contributed by atoms with Gasteiger partial charge >= 0.3 is 5.97 Å². The van der Waals surface area contributed by atoms with Gasteiger partial charge in [-0.3, -0.25) is 9.48 Å². The van der Waals surface area contributed by atoms with Crippen molar-refractivity contribution in [3.8, 4) is 0 Å². The van der Waals surface area contributed by atoms with Gasteiger partial charge in [0.2, 0.25) is 0 Å². The molecule has 248 valence electrons. The van der Waals surface area contributed by atoms with Gasteiger partial charge in [0.1, 0.15) is 23.3 Å². The second kappa shape index (κ2) is 16.2. The maximum absolute atomic E-state index is 10.1. The minimum atomic E-state index is -0.916. The van der Waals surface area contributed by atoms with Gasteiger partial charge in [-0.25, -0.2) is 4.99 Å².